The van der Waals surface area contributed by atoms with Gasteiger partial charge in [0, 0.05) is 34.2 Å². The maximum atomic E-state index is 14.0. The zero-order chi connectivity index (χ0) is 34.0. The van der Waals surface area contributed by atoms with E-state index in [1.165, 1.54) is 0 Å². The molecule has 3 rings (SSSR count). The summed E-state index contributed by atoms with van der Waals surface area (Å²) < 4.78 is 11.9. The standard InChI is InChI=1S/C33H54N8O5/c1-9-21(4)29(40(6)33(44)28(34)20(2)3)26(45-7)19-27(42)41-17-13-16-25(41)30(46-8)22(5)32(43)35-24(31-36-38-39-37-31)18-23-14-11-10-12-15-23/h10-12,14-15,20-22,24-26,28-30H,9,13,16-19,34H2,1-8H3,(H,35,43)(H,36,37,38,39)/t21-,22+,24-,25-,26-,28-,29-,30+/m0/s1. The van der Waals surface area contributed by atoms with E-state index in [2.05, 4.69) is 39.8 Å². The van der Waals surface area contributed by atoms with Gasteiger partial charge in [0.2, 0.25) is 17.7 Å². The van der Waals surface area contributed by atoms with Gasteiger partial charge in [-0.15, -0.1) is 5.10 Å². The number of hydrogen-bond donors (Lipinski definition) is 3. The van der Waals surface area contributed by atoms with Gasteiger partial charge in [0.05, 0.1) is 48.7 Å². The van der Waals surface area contributed by atoms with Crippen LogP contribution < -0.4 is 11.1 Å². The number of hydrogen-bond acceptors (Lipinski definition) is 9. The molecule has 0 bridgehead atoms. The van der Waals surface area contributed by atoms with Crippen LogP contribution in [0.3, 0.4) is 0 Å². The molecule has 13 nitrogen and oxygen atoms in total. The monoisotopic (exact) mass is 642 g/mol. The number of rotatable bonds is 17. The number of nitrogens with one attached hydrogen (secondary N) is 2. The second kappa shape index (κ2) is 17.5. The molecule has 0 aliphatic carbocycles. The molecule has 2 heterocycles. The highest BCUT2D eigenvalue weighted by Gasteiger charge is 2.42. The van der Waals surface area contributed by atoms with Crippen LogP contribution in [0.15, 0.2) is 30.3 Å². The van der Waals surface area contributed by atoms with Crippen molar-refractivity contribution in [1.29, 1.82) is 0 Å². The van der Waals surface area contributed by atoms with Crippen molar-refractivity contribution in [1.82, 2.24) is 35.7 Å². The van der Waals surface area contributed by atoms with Gasteiger partial charge in [-0.25, -0.2) is 5.10 Å². The number of carbonyl (C=O) groups is 3. The predicted octanol–water partition coefficient (Wildman–Crippen LogP) is 2.50. The van der Waals surface area contributed by atoms with Gasteiger partial charge in [0.15, 0.2) is 5.82 Å². The van der Waals surface area contributed by atoms with Crippen molar-refractivity contribution in [3.63, 3.8) is 0 Å². The minimum Gasteiger partial charge on any atom is -0.379 e. The van der Waals surface area contributed by atoms with Crippen LogP contribution >= 0.6 is 0 Å². The van der Waals surface area contributed by atoms with Crippen molar-refractivity contribution in [3.8, 4) is 0 Å². The fraction of sp³-hybridized carbons (Fsp3) is 0.697. The van der Waals surface area contributed by atoms with E-state index in [0.29, 0.717) is 25.2 Å². The summed E-state index contributed by atoms with van der Waals surface area (Å²) >= 11 is 0. The number of likely N-dealkylation sites (N-methyl/N-ethyl adjacent to an activating group) is 1. The highest BCUT2D eigenvalue weighted by molar-refractivity contribution is 5.83. The SMILES string of the molecule is CC[C@H](C)[C@@H]([C@H](CC(=O)N1CCC[C@H]1[C@H](OC)[C@@H](C)C(=O)N[C@@H](Cc1ccccc1)c1nnn[nH]1)OC)N(C)C(=O)[C@@H](N)C(C)C. The van der Waals surface area contributed by atoms with Crippen molar-refractivity contribution in [2.24, 2.45) is 23.5 Å². The average molecular weight is 643 g/mol. The van der Waals surface area contributed by atoms with Gasteiger partial charge in [-0.1, -0.05) is 71.4 Å². The molecule has 1 aromatic heterocycles. The summed E-state index contributed by atoms with van der Waals surface area (Å²) in [6.07, 6.45) is 1.80. The van der Waals surface area contributed by atoms with Crippen molar-refractivity contribution >= 4 is 17.7 Å². The lowest BCUT2D eigenvalue weighted by Crippen LogP contribution is -2.56. The first kappa shape index (κ1) is 37.0. The van der Waals surface area contributed by atoms with E-state index in [1.54, 1.807) is 26.2 Å². The first-order chi connectivity index (χ1) is 21.9. The van der Waals surface area contributed by atoms with E-state index < -0.39 is 30.2 Å². The Labute approximate surface area is 273 Å². The summed E-state index contributed by atoms with van der Waals surface area (Å²) in [5.41, 5.74) is 7.26. The molecule has 0 spiro atoms. The number of likely N-dealkylation sites (tertiary alicyclic amines) is 1. The number of carbonyl (C=O) groups excluding carboxylic acids is 3. The van der Waals surface area contributed by atoms with Gasteiger partial charge in [-0.2, -0.15) is 0 Å². The number of aromatic nitrogens is 4. The number of H-pyrrole nitrogens is 1. The zero-order valence-electron chi connectivity index (χ0n) is 28.7. The Hall–Kier alpha value is -3.42. The van der Waals surface area contributed by atoms with Crippen LogP contribution in [-0.4, -0.2) is 106 Å². The first-order valence-corrected chi connectivity index (χ1v) is 16.4. The summed E-state index contributed by atoms with van der Waals surface area (Å²) in [6, 6.07) is 8.03. The largest absolute Gasteiger partial charge is 0.379 e. The summed E-state index contributed by atoms with van der Waals surface area (Å²) in [7, 11) is 4.90. The molecule has 2 aromatic rings. The average Bonchev–Trinajstić information content (AvgIpc) is 3.77. The van der Waals surface area contributed by atoms with E-state index in [4.69, 9.17) is 15.2 Å². The Bertz CT molecular complexity index is 1230. The van der Waals surface area contributed by atoms with Gasteiger partial charge in [-0.3, -0.25) is 14.4 Å². The Morgan fingerprint density at radius 2 is 1.83 bits per heavy atom. The number of nitrogens with two attached hydrogens (primary N) is 1. The maximum Gasteiger partial charge on any atom is 0.239 e. The van der Waals surface area contributed by atoms with E-state index in [-0.39, 0.29) is 48.1 Å². The number of ether oxygens (including phenoxy) is 2. The molecule has 1 aliphatic heterocycles. The highest BCUT2D eigenvalue weighted by atomic mass is 16.5. The number of methoxy groups -OCH3 is 2. The minimum atomic E-state index is -0.643. The third kappa shape index (κ3) is 9.10. The van der Waals surface area contributed by atoms with Gasteiger partial charge >= 0.3 is 0 Å². The summed E-state index contributed by atoms with van der Waals surface area (Å²) in [6.45, 7) is 10.3. The van der Waals surface area contributed by atoms with Crippen molar-refractivity contribution < 1.29 is 23.9 Å². The third-order valence-electron chi connectivity index (χ3n) is 9.55. The van der Waals surface area contributed by atoms with Gasteiger partial charge in [0.1, 0.15) is 0 Å². The Morgan fingerprint density at radius 1 is 1.13 bits per heavy atom. The number of nitrogens with zero attached hydrogens (tertiary/aromatic N) is 5. The predicted molar refractivity (Wildman–Crippen MR) is 174 cm³/mol. The van der Waals surface area contributed by atoms with Crippen LogP contribution in [0.1, 0.15) is 77.7 Å². The fourth-order valence-corrected chi connectivity index (χ4v) is 6.51. The van der Waals surface area contributed by atoms with Crippen molar-refractivity contribution in [2.45, 2.75) is 103 Å². The van der Waals surface area contributed by atoms with Gasteiger partial charge in [-0.05, 0) is 40.7 Å². The van der Waals surface area contributed by atoms with Gasteiger partial charge in [0.25, 0.3) is 0 Å². The van der Waals surface area contributed by atoms with Gasteiger partial charge < -0.3 is 30.3 Å². The smallest absolute Gasteiger partial charge is 0.239 e. The molecule has 256 valence electrons. The topological polar surface area (TPSA) is 169 Å². The van der Waals surface area contributed by atoms with E-state index in [1.807, 2.05) is 56.0 Å². The molecule has 1 aromatic carbocycles. The van der Waals surface area contributed by atoms with Crippen LogP contribution in [0.2, 0.25) is 0 Å². The van der Waals surface area contributed by atoms with Crippen LogP contribution in [0.5, 0.6) is 0 Å². The molecule has 0 radical (unpaired) electrons. The van der Waals surface area contributed by atoms with Crippen LogP contribution in [0.4, 0.5) is 0 Å². The molecule has 1 aliphatic rings. The lowest BCUT2D eigenvalue weighted by molar-refractivity contribution is -0.146. The second-order valence-corrected chi connectivity index (χ2v) is 12.9. The quantitative estimate of drug-likeness (QED) is 0.235. The molecule has 8 atom stereocenters. The van der Waals surface area contributed by atoms with Crippen LogP contribution in [-0.2, 0) is 30.3 Å². The first-order valence-electron chi connectivity index (χ1n) is 16.4. The molecular weight excluding hydrogens is 588 g/mol. The molecule has 3 amide bonds. The van der Waals surface area contributed by atoms with Crippen LogP contribution in [0.25, 0.3) is 0 Å². The Morgan fingerprint density at radius 3 is 2.39 bits per heavy atom. The molecule has 46 heavy (non-hydrogen) atoms. The van der Waals surface area contributed by atoms with E-state index in [0.717, 1.165) is 18.4 Å². The molecular formula is C33H54N8O5. The maximum absolute atomic E-state index is 14.0. The number of benzene rings is 1. The third-order valence-corrected chi connectivity index (χ3v) is 9.55. The molecule has 1 fully saturated rings. The highest BCUT2D eigenvalue weighted by Crippen LogP contribution is 2.30. The van der Waals surface area contributed by atoms with E-state index in [9.17, 15) is 14.4 Å². The van der Waals surface area contributed by atoms with Crippen LogP contribution in [0, 0.1) is 17.8 Å². The number of tetrazole rings is 1. The zero-order valence-corrected chi connectivity index (χ0v) is 28.7. The molecule has 13 heteroatoms. The minimum absolute atomic E-state index is 0.0216. The lowest BCUT2D eigenvalue weighted by atomic mass is 9.89. The Kier molecular flexibility index (Phi) is 14.1. The lowest BCUT2D eigenvalue weighted by Gasteiger charge is -2.40. The summed E-state index contributed by atoms with van der Waals surface area (Å²) in [4.78, 5) is 44.4. The fourth-order valence-electron chi connectivity index (χ4n) is 6.51. The molecule has 4 N–H and O–H groups in total. The van der Waals surface area contributed by atoms with Crippen molar-refractivity contribution in [2.75, 3.05) is 27.8 Å². The molecule has 1 saturated heterocycles. The van der Waals surface area contributed by atoms with E-state index >= 15 is 0 Å². The van der Waals surface area contributed by atoms with Crippen molar-refractivity contribution in [3.05, 3.63) is 41.7 Å². The molecule has 0 unspecified atom stereocenters. The summed E-state index contributed by atoms with van der Waals surface area (Å²) in [5, 5.41) is 17.3. The normalized spacial score (nSPS) is 19.6. The second-order valence-electron chi connectivity index (χ2n) is 12.9. The number of aromatic amines is 1. The number of amides is 3. The summed E-state index contributed by atoms with van der Waals surface area (Å²) in [5.74, 6) is -0.566. The molecule has 0 saturated carbocycles. The Balaban J connectivity index is 1.75.